The Hall–Kier alpha value is -0.710. The minimum absolute atomic E-state index is 0.0334. The van der Waals surface area contributed by atoms with E-state index >= 15 is 0 Å². The van der Waals surface area contributed by atoms with Crippen LogP contribution in [0.4, 0.5) is 8.78 Å². The fraction of sp³-hybridized carbons (Fsp3) is 0.909. The van der Waals surface area contributed by atoms with Gasteiger partial charge in [0.05, 0.1) is 6.04 Å². The van der Waals surface area contributed by atoms with E-state index in [1.165, 1.54) is 4.90 Å². The monoisotopic (exact) mass is 232 g/mol. The quantitative estimate of drug-likeness (QED) is 0.739. The van der Waals surface area contributed by atoms with E-state index in [0.29, 0.717) is 13.0 Å². The van der Waals surface area contributed by atoms with Gasteiger partial charge >= 0.3 is 0 Å². The summed E-state index contributed by atoms with van der Waals surface area (Å²) in [6.07, 6.45) is 1.34. The predicted octanol–water partition coefficient (Wildman–Crippen LogP) is 1.23. The Bertz CT molecular complexity index is 294. The smallest absolute Gasteiger partial charge is 0.252 e. The number of halogens is 2. The van der Waals surface area contributed by atoms with E-state index in [1.807, 2.05) is 0 Å². The van der Waals surface area contributed by atoms with Gasteiger partial charge < -0.3 is 10.6 Å². The number of carbonyl (C=O) groups excluding carboxylic acids is 1. The number of rotatable bonds is 1. The van der Waals surface area contributed by atoms with Crippen LogP contribution in [0, 0.1) is 11.8 Å². The second-order valence-electron chi connectivity index (χ2n) is 5.05. The number of likely N-dealkylation sites (tertiary alicyclic amines) is 1. The van der Waals surface area contributed by atoms with Gasteiger partial charge in [0.2, 0.25) is 5.91 Å². The van der Waals surface area contributed by atoms with Crippen LogP contribution in [-0.2, 0) is 4.79 Å². The Morgan fingerprint density at radius 3 is 2.75 bits per heavy atom. The molecule has 1 heterocycles. The zero-order valence-electron chi connectivity index (χ0n) is 9.46. The highest BCUT2D eigenvalue weighted by Crippen LogP contribution is 2.45. The molecule has 0 spiro atoms. The third kappa shape index (κ3) is 1.93. The van der Waals surface area contributed by atoms with E-state index in [-0.39, 0.29) is 24.8 Å². The largest absolute Gasteiger partial charge is 0.341 e. The average molecular weight is 232 g/mol. The number of alkyl halides is 2. The molecular weight excluding hydrogens is 214 g/mol. The summed E-state index contributed by atoms with van der Waals surface area (Å²) >= 11 is 0. The Morgan fingerprint density at radius 1 is 1.50 bits per heavy atom. The molecule has 5 heteroatoms. The molecule has 2 N–H and O–H groups in total. The molecule has 3 atom stereocenters. The van der Waals surface area contributed by atoms with Crippen LogP contribution in [0.2, 0.25) is 0 Å². The number of amides is 1. The molecule has 1 saturated heterocycles. The molecule has 1 aliphatic heterocycles. The molecule has 2 rings (SSSR count). The molecule has 16 heavy (non-hydrogen) atoms. The first-order chi connectivity index (χ1) is 7.42. The lowest BCUT2D eigenvalue weighted by atomic mass is 9.79. The topological polar surface area (TPSA) is 46.3 Å². The van der Waals surface area contributed by atoms with Gasteiger partial charge in [-0.1, -0.05) is 0 Å². The van der Waals surface area contributed by atoms with Crippen molar-refractivity contribution in [3.8, 4) is 0 Å². The second kappa shape index (κ2) is 3.95. The van der Waals surface area contributed by atoms with Gasteiger partial charge in [0.25, 0.3) is 5.92 Å². The van der Waals surface area contributed by atoms with Crippen LogP contribution in [0.1, 0.15) is 26.2 Å². The van der Waals surface area contributed by atoms with Crippen molar-refractivity contribution >= 4 is 5.91 Å². The molecule has 0 aromatic rings. The molecule has 92 valence electrons. The van der Waals surface area contributed by atoms with Crippen LogP contribution in [0.3, 0.4) is 0 Å². The SMILES string of the molecule is C[C@H](N)C(=O)N1C[C@H]2CCCC(F)(F)[C@H]2C1. The molecule has 0 bridgehead atoms. The molecule has 1 aliphatic carbocycles. The minimum Gasteiger partial charge on any atom is -0.341 e. The minimum atomic E-state index is -2.60. The van der Waals surface area contributed by atoms with Crippen LogP contribution in [-0.4, -0.2) is 35.9 Å². The predicted molar refractivity (Wildman–Crippen MR) is 56.0 cm³/mol. The van der Waals surface area contributed by atoms with Gasteiger partial charge in [-0.15, -0.1) is 0 Å². The van der Waals surface area contributed by atoms with Gasteiger partial charge in [-0.25, -0.2) is 8.78 Å². The maximum absolute atomic E-state index is 13.6. The summed E-state index contributed by atoms with van der Waals surface area (Å²) in [6, 6.07) is -0.589. The van der Waals surface area contributed by atoms with Crippen LogP contribution in [0.15, 0.2) is 0 Å². The number of nitrogens with two attached hydrogens (primary N) is 1. The first-order valence-corrected chi connectivity index (χ1v) is 5.84. The molecule has 2 aliphatic rings. The zero-order chi connectivity index (χ0) is 11.9. The van der Waals surface area contributed by atoms with Crippen LogP contribution >= 0.6 is 0 Å². The average Bonchev–Trinajstić information content (AvgIpc) is 2.61. The molecule has 1 saturated carbocycles. The van der Waals surface area contributed by atoms with Crippen LogP contribution in [0.25, 0.3) is 0 Å². The zero-order valence-corrected chi connectivity index (χ0v) is 9.46. The lowest BCUT2D eigenvalue weighted by Gasteiger charge is -2.32. The van der Waals surface area contributed by atoms with Gasteiger partial charge in [0.15, 0.2) is 0 Å². The van der Waals surface area contributed by atoms with Gasteiger partial charge in [-0.3, -0.25) is 4.79 Å². The number of hydrogen-bond acceptors (Lipinski definition) is 2. The van der Waals surface area contributed by atoms with E-state index in [9.17, 15) is 13.6 Å². The Labute approximate surface area is 94.0 Å². The Kier molecular flexibility index (Phi) is 2.90. The summed E-state index contributed by atoms with van der Waals surface area (Å²) in [5.41, 5.74) is 5.49. The van der Waals surface area contributed by atoms with Crippen molar-refractivity contribution in [3.05, 3.63) is 0 Å². The molecule has 0 radical (unpaired) electrons. The summed E-state index contributed by atoms with van der Waals surface area (Å²) in [5, 5.41) is 0. The number of hydrogen-bond donors (Lipinski definition) is 1. The summed E-state index contributed by atoms with van der Waals surface area (Å²) in [5.74, 6) is -3.49. The maximum Gasteiger partial charge on any atom is 0.252 e. The Balaban J connectivity index is 2.08. The fourth-order valence-corrected chi connectivity index (χ4v) is 2.90. The van der Waals surface area contributed by atoms with Crippen LogP contribution in [0.5, 0.6) is 0 Å². The molecule has 3 nitrogen and oxygen atoms in total. The normalized spacial score (nSPS) is 34.6. The molecule has 2 fully saturated rings. The van der Waals surface area contributed by atoms with Crippen molar-refractivity contribution < 1.29 is 13.6 Å². The van der Waals surface area contributed by atoms with Crippen LogP contribution < -0.4 is 5.73 Å². The summed E-state index contributed by atoms with van der Waals surface area (Å²) in [6.45, 7) is 2.24. The first-order valence-electron chi connectivity index (χ1n) is 5.84. The summed E-state index contributed by atoms with van der Waals surface area (Å²) in [4.78, 5) is 13.2. The molecule has 1 amide bonds. The maximum atomic E-state index is 13.6. The number of carbonyl (C=O) groups is 1. The molecule has 0 aromatic carbocycles. The molecular formula is C11H18F2N2O. The Morgan fingerprint density at radius 2 is 2.19 bits per heavy atom. The number of nitrogens with zero attached hydrogens (tertiary/aromatic N) is 1. The highest BCUT2D eigenvalue weighted by Gasteiger charge is 2.51. The van der Waals surface area contributed by atoms with Crippen molar-refractivity contribution in [3.63, 3.8) is 0 Å². The molecule has 0 aromatic heterocycles. The van der Waals surface area contributed by atoms with Gasteiger partial charge in [0.1, 0.15) is 0 Å². The van der Waals surface area contributed by atoms with E-state index in [4.69, 9.17) is 5.73 Å². The van der Waals surface area contributed by atoms with Crippen molar-refractivity contribution in [1.82, 2.24) is 4.90 Å². The third-order valence-electron chi connectivity index (χ3n) is 3.77. The van der Waals surface area contributed by atoms with Crippen molar-refractivity contribution in [1.29, 1.82) is 0 Å². The van der Waals surface area contributed by atoms with E-state index < -0.39 is 17.9 Å². The van der Waals surface area contributed by atoms with Gasteiger partial charge in [0, 0.05) is 25.4 Å². The first kappa shape index (κ1) is 11.8. The van der Waals surface area contributed by atoms with E-state index in [0.717, 1.165) is 6.42 Å². The van der Waals surface area contributed by atoms with Crippen molar-refractivity contribution in [2.24, 2.45) is 17.6 Å². The highest BCUT2D eigenvalue weighted by molar-refractivity contribution is 5.81. The third-order valence-corrected chi connectivity index (χ3v) is 3.77. The standard InChI is InChI=1S/C11H18F2N2O/c1-7(14)10(16)15-5-8-3-2-4-11(12,13)9(8)6-15/h7-9H,2-6,14H2,1H3/t7-,8+,9-/m0/s1. The molecule has 0 unspecified atom stereocenters. The summed E-state index contributed by atoms with van der Waals surface area (Å²) in [7, 11) is 0. The second-order valence-corrected chi connectivity index (χ2v) is 5.05. The lowest BCUT2D eigenvalue weighted by molar-refractivity contribution is -0.132. The summed E-state index contributed by atoms with van der Waals surface area (Å²) < 4.78 is 27.3. The van der Waals surface area contributed by atoms with Gasteiger partial charge in [-0.05, 0) is 25.7 Å². The van der Waals surface area contributed by atoms with Crippen molar-refractivity contribution in [2.45, 2.75) is 38.2 Å². The lowest BCUT2D eigenvalue weighted by Crippen LogP contribution is -2.42. The van der Waals surface area contributed by atoms with Gasteiger partial charge in [-0.2, -0.15) is 0 Å². The number of fused-ring (bicyclic) bond motifs is 1. The van der Waals surface area contributed by atoms with E-state index in [2.05, 4.69) is 0 Å². The van der Waals surface area contributed by atoms with Crippen molar-refractivity contribution in [2.75, 3.05) is 13.1 Å². The highest BCUT2D eigenvalue weighted by atomic mass is 19.3. The fourth-order valence-electron chi connectivity index (χ4n) is 2.90. The van der Waals surface area contributed by atoms with E-state index in [1.54, 1.807) is 6.92 Å².